The number of nitrogens with zero attached hydrogens (tertiary/aromatic N) is 4. The van der Waals surface area contributed by atoms with Crippen LogP contribution in [-0.4, -0.2) is 132 Å². The number of morpholine rings is 1. The Hall–Kier alpha value is -2.90. The Bertz CT molecular complexity index is 1170. The topological polar surface area (TPSA) is 103 Å². The number of piperidine rings is 2. The first kappa shape index (κ1) is 35.9. The van der Waals surface area contributed by atoms with E-state index in [0.29, 0.717) is 6.04 Å². The Morgan fingerprint density at radius 3 is 2.11 bits per heavy atom. The molecule has 4 fully saturated rings. The van der Waals surface area contributed by atoms with E-state index in [1.54, 1.807) is 0 Å². The lowest BCUT2D eigenvalue weighted by molar-refractivity contribution is -0.192. The Kier molecular flexibility index (Phi) is 12.3. The molecule has 258 valence electrons. The fraction of sp³-hybridized carbons (Fsp3) is 0.727. The number of amides is 2. The van der Waals surface area contributed by atoms with Gasteiger partial charge in [-0.1, -0.05) is 38.0 Å². The Balaban J connectivity index is 0.000000617. The SMILES string of the molecule is CCCCC1N(CCN2CCOCC2)C(=O)OC12CCN(C1CCN(C(=O)c3c(C)cccc3C)CC1)CC2.O=C(O)C(F)(F)F. The summed E-state index contributed by atoms with van der Waals surface area (Å²) >= 11 is 0. The van der Waals surface area contributed by atoms with Gasteiger partial charge in [-0.3, -0.25) is 19.5 Å². The van der Waals surface area contributed by atoms with Crippen molar-refractivity contribution in [3.63, 3.8) is 0 Å². The summed E-state index contributed by atoms with van der Waals surface area (Å²) in [6, 6.07) is 6.75. The molecule has 13 heteroatoms. The first-order valence-corrected chi connectivity index (χ1v) is 16.6. The predicted octanol–water partition coefficient (Wildman–Crippen LogP) is 4.72. The van der Waals surface area contributed by atoms with Gasteiger partial charge in [0.05, 0.1) is 19.3 Å². The van der Waals surface area contributed by atoms with Crippen LogP contribution in [0.2, 0.25) is 0 Å². The Morgan fingerprint density at radius 2 is 1.57 bits per heavy atom. The number of aliphatic carboxylic acids is 1. The van der Waals surface area contributed by atoms with Crippen LogP contribution in [0.25, 0.3) is 0 Å². The van der Waals surface area contributed by atoms with Gasteiger partial charge in [0.2, 0.25) is 0 Å². The molecule has 1 aromatic rings. The fourth-order valence-corrected chi connectivity index (χ4v) is 7.30. The lowest BCUT2D eigenvalue weighted by atomic mass is 9.81. The van der Waals surface area contributed by atoms with E-state index in [1.807, 2.05) is 36.9 Å². The maximum atomic E-state index is 13.3. The molecule has 1 N–H and O–H groups in total. The van der Waals surface area contributed by atoms with Gasteiger partial charge in [0.1, 0.15) is 5.60 Å². The van der Waals surface area contributed by atoms with Crippen LogP contribution in [0.4, 0.5) is 18.0 Å². The average Bonchev–Trinajstić information content (AvgIpc) is 3.28. The molecule has 4 aliphatic heterocycles. The van der Waals surface area contributed by atoms with Crippen molar-refractivity contribution < 1.29 is 42.1 Å². The zero-order valence-electron chi connectivity index (χ0n) is 27.3. The molecule has 4 saturated heterocycles. The van der Waals surface area contributed by atoms with Crippen molar-refractivity contribution >= 4 is 18.0 Å². The van der Waals surface area contributed by atoms with Crippen molar-refractivity contribution in [2.45, 2.75) is 89.6 Å². The van der Waals surface area contributed by atoms with Gasteiger partial charge in [-0.05, 0) is 44.2 Å². The van der Waals surface area contributed by atoms with Crippen molar-refractivity contribution in [2.75, 3.05) is 65.6 Å². The van der Waals surface area contributed by atoms with Gasteiger partial charge in [0.15, 0.2) is 0 Å². The van der Waals surface area contributed by atoms with E-state index < -0.39 is 12.1 Å². The molecule has 0 radical (unpaired) electrons. The van der Waals surface area contributed by atoms with Crippen LogP contribution in [-0.2, 0) is 14.3 Å². The van der Waals surface area contributed by atoms with Crippen LogP contribution < -0.4 is 0 Å². The molecule has 2 amide bonds. The van der Waals surface area contributed by atoms with Gasteiger partial charge in [-0.2, -0.15) is 13.2 Å². The third-order valence-electron chi connectivity index (χ3n) is 9.95. The lowest BCUT2D eigenvalue weighted by Gasteiger charge is -2.46. The highest BCUT2D eigenvalue weighted by Gasteiger charge is 2.54. The average molecular weight is 655 g/mol. The number of halogens is 3. The smallest absolute Gasteiger partial charge is 0.475 e. The molecule has 1 atom stereocenters. The van der Waals surface area contributed by atoms with Gasteiger partial charge in [0.25, 0.3) is 5.91 Å². The number of aryl methyl sites for hydroxylation is 2. The minimum atomic E-state index is -5.08. The minimum Gasteiger partial charge on any atom is -0.475 e. The minimum absolute atomic E-state index is 0.115. The summed E-state index contributed by atoms with van der Waals surface area (Å²) in [6.45, 7) is 14.9. The molecule has 1 aromatic carbocycles. The molecule has 1 unspecified atom stereocenters. The van der Waals surface area contributed by atoms with Crippen molar-refractivity contribution in [1.29, 1.82) is 0 Å². The van der Waals surface area contributed by atoms with E-state index in [0.717, 1.165) is 127 Å². The van der Waals surface area contributed by atoms with E-state index in [4.69, 9.17) is 19.4 Å². The molecule has 46 heavy (non-hydrogen) atoms. The number of carboxylic acids is 1. The summed E-state index contributed by atoms with van der Waals surface area (Å²) in [5, 5.41) is 7.12. The van der Waals surface area contributed by atoms with E-state index in [1.165, 1.54) is 0 Å². The highest BCUT2D eigenvalue weighted by atomic mass is 19.4. The Morgan fingerprint density at radius 1 is 0.978 bits per heavy atom. The van der Waals surface area contributed by atoms with E-state index >= 15 is 0 Å². The summed E-state index contributed by atoms with van der Waals surface area (Å²) in [5.74, 6) is -2.58. The van der Waals surface area contributed by atoms with E-state index in [-0.39, 0.29) is 23.6 Å². The third kappa shape index (κ3) is 8.71. The molecule has 10 nitrogen and oxygen atoms in total. The van der Waals surface area contributed by atoms with Crippen LogP contribution >= 0.6 is 0 Å². The van der Waals surface area contributed by atoms with Crippen molar-refractivity contribution in [3.05, 3.63) is 34.9 Å². The standard InChI is InChI=1S/C31H48N4O4.C2HF3O2/c1-4-5-9-27-31(39-30(37)35(27)19-18-32-20-22-38-23-21-32)12-16-33(17-13-31)26-10-14-34(15-11-26)29(36)28-24(2)7-6-8-25(28)3;3-2(4,5)1(6)7/h6-8,26-27H,4-5,9-23H2,1-3H3;(H,6,7). The number of hydrogen-bond donors (Lipinski definition) is 1. The first-order valence-electron chi connectivity index (χ1n) is 16.6. The number of ether oxygens (including phenoxy) is 2. The summed E-state index contributed by atoms with van der Waals surface area (Å²) in [6.07, 6.45) is 1.89. The van der Waals surface area contributed by atoms with Gasteiger partial charge < -0.3 is 19.5 Å². The maximum absolute atomic E-state index is 13.3. The molecule has 4 aliphatic rings. The monoisotopic (exact) mass is 654 g/mol. The number of rotatable bonds is 8. The van der Waals surface area contributed by atoms with E-state index in [9.17, 15) is 22.8 Å². The zero-order chi connectivity index (χ0) is 33.5. The lowest BCUT2D eigenvalue weighted by Crippen LogP contribution is -2.56. The molecule has 0 aliphatic carbocycles. The summed E-state index contributed by atoms with van der Waals surface area (Å²) < 4.78 is 43.5. The number of unbranched alkanes of at least 4 members (excludes halogenated alkanes) is 1. The molecule has 4 heterocycles. The molecule has 0 aromatic heterocycles. The zero-order valence-corrected chi connectivity index (χ0v) is 27.3. The number of hydrogen-bond acceptors (Lipinski definition) is 7. The van der Waals surface area contributed by atoms with Crippen LogP contribution in [0.5, 0.6) is 0 Å². The van der Waals surface area contributed by atoms with Crippen LogP contribution in [0.3, 0.4) is 0 Å². The summed E-state index contributed by atoms with van der Waals surface area (Å²) in [5.41, 5.74) is 2.64. The second-order valence-corrected chi connectivity index (χ2v) is 12.9. The molecular weight excluding hydrogens is 605 g/mol. The molecular formula is C33H49F3N4O6. The number of likely N-dealkylation sites (tertiary alicyclic amines) is 2. The predicted molar refractivity (Wildman–Crippen MR) is 166 cm³/mol. The van der Waals surface area contributed by atoms with Crippen molar-refractivity contribution in [3.8, 4) is 0 Å². The van der Waals surface area contributed by atoms with Gasteiger partial charge in [-0.15, -0.1) is 0 Å². The van der Waals surface area contributed by atoms with Crippen LogP contribution in [0.15, 0.2) is 18.2 Å². The second kappa shape index (κ2) is 15.8. The number of carbonyl (C=O) groups is 3. The van der Waals surface area contributed by atoms with E-state index in [2.05, 4.69) is 21.6 Å². The highest BCUT2D eigenvalue weighted by molar-refractivity contribution is 5.97. The highest BCUT2D eigenvalue weighted by Crippen LogP contribution is 2.41. The van der Waals surface area contributed by atoms with Crippen molar-refractivity contribution in [1.82, 2.24) is 19.6 Å². The fourth-order valence-electron chi connectivity index (χ4n) is 7.30. The quantitative estimate of drug-likeness (QED) is 0.430. The summed E-state index contributed by atoms with van der Waals surface area (Å²) in [7, 11) is 0. The largest absolute Gasteiger partial charge is 0.490 e. The number of benzene rings is 1. The van der Waals surface area contributed by atoms with Crippen LogP contribution in [0.1, 0.15) is 73.4 Å². The second-order valence-electron chi connectivity index (χ2n) is 12.9. The maximum Gasteiger partial charge on any atom is 0.490 e. The molecule has 0 saturated carbocycles. The first-order chi connectivity index (χ1) is 21.9. The number of alkyl halides is 3. The van der Waals surface area contributed by atoms with Gasteiger partial charge in [-0.25, -0.2) is 9.59 Å². The van der Waals surface area contributed by atoms with Gasteiger partial charge in [0, 0.05) is 76.8 Å². The number of carboxylic acid groups (broad SMARTS) is 1. The normalized spacial score (nSPS) is 22.8. The third-order valence-corrected chi connectivity index (χ3v) is 9.95. The van der Waals surface area contributed by atoms with Gasteiger partial charge >= 0.3 is 18.2 Å². The summed E-state index contributed by atoms with van der Waals surface area (Å²) in [4.78, 5) is 44.4. The van der Waals surface area contributed by atoms with Crippen LogP contribution in [0, 0.1) is 13.8 Å². The molecule has 0 bridgehead atoms. The van der Waals surface area contributed by atoms with Crippen molar-refractivity contribution in [2.24, 2.45) is 0 Å². The number of carbonyl (C=O) groups excluding carboxylic acids is 2. The Labute approximate surface area is 269 Å². The molecule has 1 spiro atoms. The molecule has 5 rings (SSSR count).